The Kier molecular flexibility index (Phi) is 11.3. The van der Waals surface area contributed by atoms with E-state index in [2.05, 4.69) is 0 Å². The first-order valence-electron chi connectivity index (χ1n) is 16.0. The summed E-state index contributed by atoms with van der Waals surface area (Å²) in [5.74, 6) is -0.400. The van der Waals surface area contributed by atoms with Crippen LogP contribution in [0.2, 0.25) is 0 Å². The molecular formula is C37H36N2O10S3. The summed E-state index contributed by atoms with van der Waals surface area (Å²) in [5.41, 5.74) is 4.25. The fourth-order valence-corrected chi connectivity index (χ4v) is 7.73. The number of allylic oxidation sites excluding steroid dienone is 5. The van der Waals surface area contributed by atoms with E-state index in [-0.39, 0.29) is 21.9 Å². The maximum absolute atomic E-state index is 12.5. The summed E-state index contributed by atoms with van der Waals surface area (Å²) in [6.45, 7) is 5.43. The van der Waals surface area contributed by atoms with Gasteiger partial charge in [0.25, 0.3) is 20.2 Å². The van der Waals surface area contributed by atoms with Crippen molar-refractivity contribution in [2.24, 2.45) is 0 Å². The minimum atomic E-state index is -5.06. The Morgan fingerprint density at radius 3 is 1.90 bits per heavy atom. The number of anilines is 1. The average Bonchev–Trinajstić information content (AvgIpc) is 3.10. The topological polar surface area (TPSA) is 192 Å². The second-order valence-corrected chi connectivity index (χ2v) is 16.1. The van der Waals surface area contributed by atoms with Gasteiger partial charge in [-0.2, -0.15) is 16.8 Å². The molecule has 0 aliphatic heterocycles. The van der Waals surface area contributed by atoms with Gasteiger partial charge in [-0.25, -0.2) is 13.0 Å². The highest BCUT2D eigenvalue weighted by atomic mass is 32.2. The summed E-state index contributed by atoms with van der Waals surface area (Å²) in [5, 5.41) is 10.2. The van der Waals surface area contributed by atoms with Crippen LogP contribution in [-0.2, 0) is 43.4 Å². The molecule has 0 radical (unpaired) electrons. The van der Waals surface area contributed by atoms with Gasteiger partial charge in [0.05, 0.1) is 14.7 Å². The molecule has 4 aromatic rings. The largest absolute Gasteiger partial charge is 0.744 e. The zero-order valence-electron chi connectivity index (χ0n) is 28.1. The number of phenols is 1. The van der Waals surface area contributed by atoms with Crippen molar-refractivity contribution >= 4 is 47.3 Å². The molecule has 4 aromatic carbocycles. The first-order chi connectivity index (χ1) is 24.5. The molecule has 0 atom stereocenters. The van der Waals surface area contributed by atoms with Crippen molar-refractivity contribution in [3.63, 3.8) is 0 Å². The molecule has 0 aromatic heterocycles. The van der Waals surface area contributed by atoms with Gasteiger partial charge in [-0.15, -0.1) is 0 Å². The summed E-state index contributed by atoms with van der Waals surface area (Å²) in [4.78, 5) is 0.885. The lowest BCUT2D eigenvalue weighted by atomic mass is 9.90. The Balaban J connectivity index is 1.61. The van der Waals surface area contributed by atoms with Crippen LogP contribution in [0.25, 0.3) is 5.57 Å². The molecule has 0 spiro atoms. The first kappa shape index (κ1) is 38.3. The minimum Gasteiger partial charge on any atom is -0.744 e. The molecule has 0 amide bonds. The van der Waals surface area contributed by atoms with E-state index < -0.39 is 41.0 Å². The van der Waals surface area contributed by atoms with E-state index in [1.807, 2.05) is 47.6 Å². The summed E-state index contributed by atoms with van der Waals surface area (Å²) < 4.78 is 105. The van der Waals surface area contributed by atoms with Crippen molar-refractivity contribution in [3.8, 4) is 5.75 Å². The maximum Gasteiger partial charge on any atom is 0.294 e. The van der Waals surface area contributed by atoms with Crippen molar-refractivity contribution in [2.75, 3.05) is 18.0 Å². The molecule has 0 saturated heterocycles. The van der Waals surface area contributed by atoms with E-state index >= 15 is 0 Å². The minimum absolute atomic E-state index is 0.0657. The van der Waals surface area contributed by atoms with Crippen LogP contribution >= 0.6 is 0 Å². The highest BCUT2D eigenvalue weighted by Gasteiger charge is 2.22. The predicted octanol–water partition coefficient (Wildman–Crippen LogP) is 5.42. The van der Waals surface area contributed by atoms with Crippen molar-refractivity contribution < 1.29 is 48.6 Å². The van der Waals surface area contributed by atoms with Gasteiger partial charge in [-0.3, -0.25) is 9.11 Å². The number of hydrogen-bond donors (Lipinski definition) is 3. The molecule has 5 rings (SSSR count). The van der Waals surface area contributed by atoms with Gasteiger partial charge in [-0.05, 0) is 103 Å². The van der Waals surface area contributed by atoms with Crippen molar-refractivity contribution in [2.45, 2.75) is 41.6 Å². The van der Waals surface area contributed by atoms with Gasteiger partial charge >= 0.3 is 0 Å². The number of nitrogens with zero attached hydrogens (tertiary/aromatic N) is 2. The highest BCUT2D eigenvalue weighted by molar-refractivity contribution is 7.86. The normalized spacial score (nSPS) is 13.3. The molecular weight excluding hydrogens is 729 g/mol. The lowest BCUT2D eigenvalue weighted by Crippen LogP contribution is -2.22. The molecule has 0 heterocycles. The molecule has 0 saturated carbocycles. The molecule has 0 fully saturated rings. The SMILES string of the molecule is CCN(Cc1cccc(S(=O)(=O)O)c1)c1cccc(C(=C2C=CC(=[N+](CC)Cc3cccc(S(=O)(=O)O)c3)C=C2)c2ccc(O)cc2S(=O)(=O)[O-])c1. The van der Waals surface area contributed by atoms with Gasteiger partial charge in [0.2, 0.25) is 0 Å². The van der Waals surface area contributed by atoms with E-state index in [1.54, 1.807) is 42.5 Å². The van der Waals surface area contributed by atoms with Gasteiger partial charge in [0.15, 0.2) is 12.3 Å². The Morgan fingerprint density at radius 1 is 0.731 bits per heavy atom. The van der Waals surface area contributed by atoms with Crippen molar-refractivity contribution in [3.05, 3.63) is 143 Å². The number of aromatic hydroxyl groups is 1. The first-order valence-corrected chi connectivity index (χ1v) is 20.3. The van der Waals surface area contributed by atoms with E-state index in [1.165, 1.54) is 42.5 Å². The van der Waals surface area contributed by atoms with E-state index in [0.29, 0.717) is 53.2 Å². The van der Waals surface area contributed by atoms with Crippen LogP contribution in [0.5, 0.6) is 5.75 Å². The molecule has 12 nitrogen and oxygen atoms in total. The van der Waals surface area contributed by atoms with Crippen LogP contribution < -0.4 is 4.90 Å². The van der Waals surface area contributed by atoms with Crippen molar-refractivity contribution in [1.82, 2.24) is 0 Å². The van der Waals surface area contributed by atoms with Gasteiger partial charge < -0.3 is 14.6 Å². The third-order valence-corrected chi connectivity index (χ3v) is 11.0. The third-order valence-electron chi connectivity index (χ3n) is 8.43. The van der Waals surface area contributed by atoms with E-state index in [4.69, 9.17) is 0 Å². The number of phenolic OH excluding ortho intramolecular Hbond substituents is 1. The van der Waals surface area contributed by atoms with Gasteiger partial charge in [-0.1, -0.05) is 36.4 Å². The fourth-order valence-electron chi connectivity index (χ4n) is 5.92. The molecule has 15 heteroatoms. The van der Waals surface area contributed by atoms with Gasteiger partial charge in [0.1, 0.15) is 22.4 Å². The molecule has 52 heavy (non-hydrogen) atoms. The van der Waals surface area contributed by atoms with Gasteiger partial charge in [0, 0.05) is 42.1 Å². The zero-order valence-corrected chi connectivity index (χ0v) is 30.6. The van der Waals surface area contributed by atoms with Crippen LogP contribution in [-0.4, -0.2) is 67.4 Å². The van der Waals surface area contributed by atoms with E-state index in [9.17, 15) is 44.0 Å². The fraction of sp³-hybridized carbons (Fsp3) is 0.162. The molecule has 1 aliphatic carbocycles. The second-order valence-electron chi connectivity index (χ2n) is 11.9. The van der Waals surface area contributed by atoms with Crippen LogP contribution in [0, 0.1) is 0 Å². The standard InChI is InChI=1S/C37H36N2O10S3/c1-3-38(24-26-8-5-12-33(20-26)50(41,42)43)30-16-14-28(15-17-30)37(35-19-18-32(40)23-36(35)52(47,48)49)29-10-7-11-31(22-29)39(4-2)25-27-9-6-13-34(21-27)51(44,45)46/h5-23H,3-4,24-25H2,1-2H3,(H3,41,42,43,44,45,46,47,48,49). The Bertz CT molecular complexity index is 2470. The van der Waals surface area contributed by atoms with Crippen LogP contribution in [0.3, 0.4) is 0 Å². The molecule has 3 N–H and O–H groups in total. The lowest BCUT2D eigenvalue weighted by molar-refractivity contribution is -0.539. The third kappa shape index (κ3) is 9.11. The number of benzene rings is 4. The van der Waals surface area contributed by atoms with E-state index in [0.717, 1.165) is 11.8 Å². The smallest absolute Gasteiger partial charge is 0.294 e. The van der Waals surface area contributed by atoms with Crippen LogP contribution in [0.1, 0.15) is 36.1 Å². The predicted molar refractivity (Wildman–Crippen MR) is 196 cm³/mol. The summed E-state index contributed by atoms with van der Waals surface area (Å²) in [7, 11) is -13.9. The van der Waals surface area contributed by atoms with Crippen molar-refractivity contribution in [1.29, 1.82) is 0 Å². The molecule has 1 aliphatic rings. The maximum atomic E-state index is 12.5. The van der Waals surface area contributed by atoms with Crippen LogP contribution in [0.4, 0.5) is 5.69 Å². The monoisotopic (exact) mass is 764 g/mol. The molecule has 0 unspecified atom stereocenters. The second kappa shape index (κ2) is 15.4. The zero-order chi connectivity index (χ0) is 37.8. The lowest BCUT2D eigenvalue weighted by Gasteiger charge is -2.25. The number of hydrogen-bond acceptors (Lipinski definition) is 9. The number of rotatable bonds is 12. The Labute approximate surface area is 303 Å². The average molecular weight is 765 g/mol. The van der Waals surface area contributed by atoms with Crippen LogP contribution in [0.15, 0.2) is 136 Å². The Morgan fingerprint density at radius 2 is 1.33 bits per heavy atom. The summed E-state index contributed by atoms with van der Waals surface area (Å²) in [6, 6.07) is 22.7. The molecule has 272 valence electrons. The Hall–Kier alpha value is -4.90. The summed E-state index contributed by atoms with van der Waals surface area (Å²) >= 11 is 0. The quantitative estimate of drug-likeness (QED) is 0.123. The highest BCUT2D eigenvalue weighted by Crippen LogP contribution is 2.37. The summed E-state index contributed by atoms with van der Waals surface area (Å²) in [6.07, 6.45) is 7.14. The molecule has 0 bridgehead atoms.